The second-order valence-corrected chi connectivity index (χ2v) is 56.1. The molecular formula is C36H84O18Si12. The highest BCUT2D eigenvalue weighted by Gasteiger charge is 2.84. The highest BCUT2D eigenvalue weighted by atomic mass is 28.6. The summed E-state index contributed by atoms with van der Waals surface area (Å²) in [5.74, 6) is 0. The Labute approximate surface area is 410 Å². The summed E-state index contributed by atoms with van der Waals surface area (Å²) >= 11 is 0. The van der Waals surface area contributed by atoms with Gasteiger partial charge in [0, 0.05) is 72.5 Å². The van der Waals surface area contributed by atoms with Crippen molar-refractivity contribution in [1.82, 2.24) is 0 Å². The summed E-state index contributed by atoms with van der Waals surface area (Å²) < 4.78 is 143. The molecule has 6 rings (SSSR count). The van der Waals surface area contributed by atoms with E-state index in [1.54, 1.807) is 0 Å². The summed E-state index contributed by atoms with van der Waals surface area (Å²) in [4.78, 5) is 0. The smallest absolute Gasteiger partial charge is 0.373 e. The van der Waals surface area contributed by atoms with Crippen LogP contribution in [-0.2, 0) is 74.1 Å². The van der Waals surface area contributed by atoms with E-state index in [-0.39, 0.29) is 0 Å². The first-order chi connectivity index (χ1) is 31.5. The van der Waals surface area contributed by atoms with Crippen LogP contribution in [0.25, 0.3) is 0 Å². The van der Waals surface area contributed by atoms with E-state index in [4.69, 9.17) is 74.1 Å². The Kier molecular flexibility index (Phi) is 18.2. The number of rotatable bonds is 24. The first kappa shape index (κ1) is 55.6. The van der Waals surface area contributed by atoms with Gasteiger partial charge in [-0.1, -0.05) is 160 Å². The Morgan fingerprint density at radius 1 is 0.136 bits per heavy atom. The first-order valence-electron chi connectivity index (χ1n) is 26.1. The van der Waals surface area contributed by atoms with E-state index in [9.17, 15) is 0 Å². The van der Waals surface area contributed by atoms with Crippen molar-refractivity contribution in [1.29, 1.82) is 0 Å². The largest absolute Gasteiger partial charge is 0.478 e. The Balaban J connectivity index is 1.73. The van der Waals surface area contributed by atoms with Crippen molar-refractivity contribution >= 4 is 106 Å². The maximum absolute atomic E-state index is 7.96. The van der Waals surface area contributed by atoms with Gasteiger partial charge in [-0.05, 0) is 0 Å². The molecule has 0 radical (unpaired) electrons. The zero-order chi connectivity index (χ0) is 47.7. The third-order valence-electron chi connectivity index (χ3n) is 12.3. The molecule has 0 amide bonds. The van der Waals surface area contributed by atoms with Gasteiger partial charge in [-0.3, -0.25) is 0 Å². The van der Waals surface area contributed by atoms with Gasteiger partial charge in [-0.25, -0.2) is 0 Å². The lowest BCUT2D eigenvalue weighted by Gasteiger charge is -2.63. The molecule has 6 aliphatic heterocycles. The van der Waals surface area contributed by atoms with Crippen LogP contribution in [0, 0.1) is 0 Å². The Morgan fingerprint density at radius 3 is 0.242 bits per heavy atom. The fourth-order valence-corrected chi connectivity index (χ4v) is 86.2. The second-order valence-electron chi connectivity index (χ2n) is 19.0. The quantitative estimate of drug-likeness (QED) is 0.0837. The molecule has 12 bridgehead atoms. The van der Waals surface area contributed by atoms with Gasteiger partial charge in [0.05, 0.1) is 0 Å². The summed E-state index contributed by atoms with van der Waals surface area (Å²) in [7, 11) is -49.9. The molecule has 0 aromatic rings. The molecule has 0 spiro atoms. The minimum Gasteiger partial charge on any atom is -0.373 e. The molecule has 6 aliphatic rings. The van der Waals surface area contributed by atoms with Gasteiger partial charge in [0.15, 0.2) is 0 Å². The van der Waals surface area contributed by atoms with E-state index in [0.29, 0.717) is 150 Å². The monoisotopic (exact) mass is 1140 g/mol. The second kappa shape index (κ2) is 21.6. The minimum absolute atomic E-state index is 0.396. The third-order valence-corrected chi connectivity index (χ3v) is 70.4. The molecule has 6 heterocycles. The summed E-state index contributed by atoms with van der Waals surface area (Å²) in [6, 6.07) is 4.75. The van der Waals surface area contributed by atoms with Crippen LogP contribution >= 0.6 is 0 Å². The van der Waals surface area contributed by atoms with Crippen molar-refractivity contribution in [2.75, 3.05) is 0 Å². The van der Waals surface area contributed by atoms with E-state index in [1.165, 1.54) is 0 Å². The summed E-state index contributed by atoms with van der Waals surface area (Å²) in [5, 5.41) is 0. The third kappa shape index (κ3) is 11.1. The molecule has 6 fully saturated rings. The van der Waals surface area contributed by atoms with E-state index in [0.717, 1.165) is 0 Å². The lowest BCUT2D eigenvalue weighted by Crippen LogP contribution is -2.88. The summed E-state index contributed by atoms with van der Waals surface area (Å²) in [6.45, 7) is 25.4. The van der Waals surface area contributed by atoms with Crippen LogP contribution < -0.4 is 0 Å². The van der Waals surface area contributed by atoms with Gasteiger partial charge < -0.3 is 74.1 Å². The molecule has 30 heteroatoms. The fourth-order valence-electron chi connectivity index (χ4n) is 10.5. The average Bonchev–Trinajstić information content (AvgIpc) is 3.15. The Morgan fingerprint density at radius 2 is 0.197 bits per heavy atom. The topological polar surface area (TPSA) is 166 Å². The van der Waals surface area contributed by atoms with Gasteiger partial charge in [0.1, 0.15) is 0 Å². The van der Waals surface area contributed by atoms with Crippen molar-refractivity contribution in [3.05, 3.63) is 0 Å². The maximum Gasteiger partial charge on any atom is 0.478 e. The van der Waals surface area contributed by atoms with Gasteiger partial charge in [-0.15, -0.1) is 0 Å². The Hall–Kier alpha value is 1.88. The van der Waals surface area contributed by atoms with E-state index in [2.05, 4.69) is 83.1 Å². The first-order valence-corrected chi connectivity index (χ1v) is 49.3. The van der Waals surface area contributed by atoms with Crippen molar-refractivity contribution in [2.45, 2.75) is 233 Å². The summed E-state index contributed by atoms with van der Waals surface area (Å²) in [5.41, 5.74) is 0. The van der Waals surface area contributed by atoms with Crippen LogP contribution in [0.15, 0.2) is 0 Å². The lowest BCUT2D eigenvalue weighted by molar-refractivity contribution is -0.0279. The van der Waals surface area contributed by atoms with Crippen molar-refractivity contribution < 1.29 is 74.1 Å². The molecule has 18 nitrogen and oxygen atoms in total. The zero-order valence-corrected chi connectivity index (χ0v) is 54.3. The molecule has 384 valence electrons. The zero-order valence-electron chi connectivity index (χ0n) is 42.3. The molecule has 0 N–H and O–H groups in total. The van der Waals surface area contributed by atoms with Gasteiger partial charge in [0.2, 0.25) is 0 Å². The average molecular weight is 1140 g/mol. The van der Waals surface area contributed by atoms with Crippen LogP contribution in [0.1, 0.15) is 160 Å². The highest BCUT2D eigenvalue weighted by molar-refractivity contribution is 7.04. The van der Waals surface area contributed by atoms with Crippen molar-refractivity contribution in [2.24, 2.45) is 0 Å². The predicted molar refractivity (Wildman–Crippen MR) is 270 cm³/mol. The molecule has 0 aromatic carbocycles. The molecule has 0 atom stereocenters. The molecule has 0 saturated carbocycles. The van der Waals surface area contributed by atoms with E-state index < -0.39 is 106 Å². The van der Waals surface area contributed by atoms with Gasteiger partial charge >= 0.3 is 106 Å². The van der Waals surface area contributed by atoms with Crippen LogP contribution in [0.2, 0.25) is 72.5 Å². The van der Waals surface area contributed by atoms with Crippen LogP contribution in [0.4, 0.5) is 0 Å². The number of fused-ring (bicyclic) bond motifs is 12. The molecule has 0 aromatic heterocycles. The number of hydrogen-bond acceptors (Lipinski definition) is 18. The molecule has 6 saturated heterocycles. The fraction of sp³-hybridized carbons (Fsp3) is 1.00. The van der Waals surface area contributed by atoms with Crippen LogP contribution in [0.5, 0.6) is 0 Å². The molecule has 0 unspecified atom stereocenters. The molecular weight excluding hydrogens is 1060 g/mol. The van der Waals surface area contributed by atoms with Crippen LogP contribution in [-0.4, -0.2) is 106 Å². The highest BCUT2D eigenvalue weighted by Crippen LogP contribution is 2.56. The number of hydrogen-bond donors (Lipinski definition) is 0. The van der Waals surface area contributed by atoms with Gasteiger partial charge in [0.25, 0.3) is 0 Å². The van der Waals surface area contributed by atoms with Crippen molar-refractivity contribution in [3.8, 4) is 0 Å². The lowest BCUT2D eigenvalue weighted by atomic mass is 10.6. The van der Waals surface area contributed by atoms with E-state index >= 15 is 0 Å². The molecule has 66 heavy (non-hydrogen) atoms. The predicted octanol–water partition coefficient (Wildman–Crippen LogP) is 10.6. The maximum atomic E-state index is 7.96. The molecule has 0 aliphatic carbocycles. The Bertz CT molecular complexity index is 1200. The van der Waals surface area contributed by atoms with Gasteiger partial charge in [-0.2, -0.15) is 0 Å². The van der Waals surface area contributed by atoms with Crippen molar-refractivity contribution in [3.63, 3.8) is 0 Å². The normalized spacial score (nSPS) is 46.4. The SMILES string of the molecule is CCC[Si]12O[Si]3(CCC)O[Si]4(CCC)O[Si](CCC)(O1)O[Si]1(CCC)O[Si](CCC)(O4)O[Si]4(CCC)O[Si](CCC)(O1)O[Si]1(CCC)O[Si](CCC)(O[Si](CCC)(O[Si](CCC)(O2)O1)O3)O4. The van der Waals surface area contributed by atoms with Crippen LogP contribution in [0.3, 0.4) is 0 Å². The van der Waals surface area contributed by atoms with E-state index in [1.807, 2.05) is 0 Å². The standard InChI is InChI=1S/C36H84O18Si12/c1-13-25-55-37-56(26-14-2)45-59(29-17-5)38-57(43-55,27-15-3)47-61(31-19-7)40-63(49-59,33-21-9)53-66(36-24-12)42-65(51-61,35-23-11)52-62(32-20-8)41-64(54-66,34-22-10)50-60(46-56,30-18-6)39-58(44-55,48-62)28-16-4/h13-36H2,1-12H3. The summed E-state index contributed by atoms with van der Waals surface area (Å²) in [6.07, 6.45) is 7.81. The minimum atomic E-state index is -4.16.